The molecule has 0 aromatic rings. The predicted molar refractivity (Wildman–Crippen MR) is 64.9 cm³/mol. The average Bonchev–Trinajstić information content (AvgIpc) is 2.28. The summed E-state index contributed by atoms with van der Waals surface area (Å²) in [4.78, 5) is 0. The van der Waals surface area contributed by atoms with Crippen molar-refractivity contribution in [2.24, 2.45) is 11.8 Å². The smallest absolute Gasteiger partial charge is 0.121 e. The molecular weight excluding hydrogens is 200 g/mol. The molecule has 1 aliphatic heterocycles. The van der Waals surface area contributed by atoms with Crippen molar-refractivity contribution in [2.75, 3.05) is 6.61 Å². The molecule has 1 heterocycles. The van der Waals surface area contributed by atoms with Crippen molar-refractivity contribution in [3.8, 4) is 0 Å². The minimum absolute atomic E-state index is 0.337. The van der Waals surface area contributed by atoms with Gasteiger partial charge in [-0.2, -0.15) is 0 Å². The standard InChI is InChI=1S/C14H22O2/c1-10-7-11(2)9-12(8-10)14(15)13-5-3-4-6-16-13/h5,7,10,12,14-15H,3-4,6,8-9H2,1-2H3. The van der Waals surface area contributed by atoms with Crippen LogP contribution in [0.4, 0.5) is 0 Å². The molecule has 2 rings (SSSR count). The van der Waals surface area contributed by atoms with Crippen LogP contribution in [0.25, 0.3) is 0 Å². The van der Waals surface area contributed by atoms with Gasteiger partial charge in [-0.05, 0) is 50.5 Å². The quantitative estimate of drug-likeness (QED) is 0.728. The second kappa shape index (κ2) is 5.05. The number of ether oxygens (including phenoxy) is 1. The predicted octanol–water partition coefficient (Wildman–Crippen LogP) is 3.03. The summed E-state index contributed by atoms with van der Waals surface area (Å²) in [6, 6.07) is 0. The molecule has 1 aliphatic carbocycles. The van der Waals surface area contributed by atoms with Crippen molar-refractivity contribution in [1.82, 2.24) is 0 Å². The largest absolute Gasteiger partial charge is 0.495 e. The monoisotopic (exact) mass is 222 g/mol. The summed E-state index contributed by atoms with van der Waals surface area (Å²) in [7, 11) is 0. The SMILES string of the molecule is CC1=CC(C)CC(C(O)C2=CCCCO2)C1. The van der Waals surface area contributed by atoms with Gasteiger partial charge in [-0.15, -0.1) is 0 Å². The van der Waals surface area contributed by atoms with Gasteiger partial charge in [-0.1, -0.05) is 18.6 Å². The molecule has 0 amide bonds. The number of rotatable bonds is 2. The highest BCUT2D eigenvalue weighted by Gasteiger charge is 2.28. The van der Waals surface area contributed by atoms with Crippen molar-refractivity contribution in [2.45, 2.75) is 45.6 Å². The molecular formula is C14H22O2. The average molecular weight is 222 g/mol. The Labute approximate surface area is 98.0 Å². The molecule has 3 atom stereocenters. The molecule has 2 heteroatoms. The van der Waals surface area contributed by atoms with Crippen molar-refractivity contribution in [3.05, 3.63) is 23.5 Å². The van der Waals surface area contributed by atoms with E-state index < -0.39 is 6.10 Å². The lowest BCUT2D eigenvalue weighted by atomic mass is 9.80. The molecule has 0 aromatic heterocycles. The zero-order valence-corrected chi connectivity index (χ0v) is 10.3. The third-order valence-electron chi connectivity index (χ3n) is 3.53. The van der Waals surface area contributed by atoms with Crippen LogP contribution in [-0.2, 0) is 4.74 Å². The van der Waals surface area contributed by atoms with E-state index in [9.17, 15) is 5.11 Å². The molecule has 0 radical (unpaired) electrons. The molecule has 2 aliphatic rings. The Kier molecular flexibility index (Phi) is 3.70. The van der Waals surface area contributed by atoms with E-state index in [0.29, 0.717) is 11.8 Å². The summed E-state index contributed by atoms with van der Waals surface area (Å²) in [6.45, 7) is 5.14. The van der Waals surface area contributed by atoms with Crippen LogP contribution < -0.4 is 0 Å². The maximum atomic E-state index is 10.3. The van der Waals surface area contributed by atoms with Gasteiger partial charge < -0.3 is 9.84 Å². The van der Waals surface area contributed by atoms with Gasteiger partial charge in [0.05, 0.1) is 6.61 Å². The second-order valence-corrected chi connectivity index (χ2v) is 5.23. The second-order valence-electron chi connectivity index (χ2n) is 5.23. The van der Waals surface area contributed by atoms with Crippen molar-refractivity contribution in [1.29, 1.82) is 0 Å². The van der Waals surface area contributed by atoms with Gasteiger partial charge in [0, 0.05) is 0 Å². The van der Waals surface area contributed by atoms with E-state index >= 15 is 0 Å². The Balaban J connectivity index is 2.02. The highest BCUT2D eigenvalue weighted by atomic mass is 16.5. The van der Waals surface area contributed by atoms with Crippen molar-refractivity contribution < 1.29 is 9.84 Å². The molecule has 1 N–H and O–H groups in total. The summed E-state index contributed by atoms with van der Waals surface area (Å²) in [6.07, 6.45) is 8.18. The van der Waals surface area contributed by atoms with Crippen LogP contribution in [-0.4, -0.2) is 17.8 Å². The minimum atomic E-state index is -0.397. The number of hydrogen-bond donors (Lipinski definition) is 1. The number of aliphatic hydroxyl groups is 1. The fourth-order valence-electron chi connectivity index (χ4n) is 2.85. The Bertz CT molecular complexity index is 304. The van der Waals surface area contributed by atoms with E-state index in [-0.39, 0.29) is 0 Å². The minimum Gasteiger partial charge on any atom is -0.495 e. The topological polar surface area (TPSA) is 29.5 Å². The summed E-state index contributed by atoms with van der Waals surface area (Å²) in [5, 5.41) is 10.3. The first kappa shape index (κ1) is 11.7. The molecule has 0 bridgehead atoms. The molecule has 0 spiro atoms. The summed E-state index contributed by atoms with van der Waals surface area (Å²) in [5.74, 6) is 1.74. The van der Waals surface area contributed by atoms with E-state index in [4.69, 9.17) is 4.74 Å². The van der Waals surface area contributed by atoms with Crippen LogP contribution >= 0.6 is 0 Å². The lowest BCUT2D eigenvalue weighted by molar-refractivity contribution is 0.0471. The van der Waals surface area contributed by atoms with Gasteiger partial charge in [0.25, 0.3) is 0 Å². The van der Waals surface area contributed by atoms with Crippen molar-refractivity contribution >= 4 is 0 Å². The fourth-order valence-corrected chi connectivity index (χ4v) is 2.85. The van der Waals surface area contributed by atoms with E-state index in [2.05, 4.69) is 26.0 Å². The number of aliphatic hydroxyl groups excluding tert-OH is 1. The Morgan fingerprint density at radius 3 is 2.94 bits per heavy atom. The van der Waals surface area contributed by atoms with Crippen LogP contribution in [0.2, 0.25) is 0 Å². The summed E-state index contributed by atoms with van der Waals surface area (Å²) >= 11 is 0. The van der Waals surface area contributed by atoms with Crippen LogP contribution in [0.5, 0.6) is 0 Å². The lowest BCUT2D eigenvalue weighted by Crippen LogP contribution is -2.29. The maximum Gasteiger partial charge on any atom is 0.121 e. The van der Waals surface area contributed by atoms with Crippen molar-refractivity contribution in [3.63, 3.8) is 0 Å². The van der Waals surface area contributed by atoms with E-state index in [0.717, 1.165) is 38.0 Å². The molecule has 16 heavy (non-hydrogen) atoms. The van der Waals surface area contributed by atoms with Gasteiger partial charge in [0.15, 0.2) is 0 Å². The highest BCUT2D eigenvalue weighted by Crippen LogP contribution is 2.33. The van der Waals surface area contributed by atoms with E-state index in [1.807, 2.05) is 0 Å². The summed E-state index contributed by atoms with van der Waals surface area (Å²) in [5.41, 5.74) is 1.40. The van der Waals surface area contributed by atoms with Crippen LogP contribution in [0.3, 0.4) is 0 Å². The maximum absolute atomic E-state index is 10.3. The first-order valence-corrected chi connectivity index (χ1v) is 6.35. The van der Waals surface area contributed by atoms with E-state index in [1.54, 1.807) is 0 Å². The Hall–Kier alpha value is -0.760. The summed E-state index contributed by atoms with van der Waals surface area (Å²) < 4.78 is 5.56. The highest BCUT2D eigenvalue weighted by molar-refractivity contribution is 5.12. The molecule has 0 aromatic carbocycles. The van der Waals surface area contributed by atoms with Gasteiger partial charge in [0.2, 0.25) is 0 Å². The first-order valence-electron chi connectivity index (χ1n) is 6.35. The zero-order chi connectivity index (χ0) is 11.5. The molecule has 0 fully saturated rings. The van der Waals surface area contributed by atoms with Crippen LogP contribution in [0, 0.1) is 11.8 Å². The molecule has 0 saturated carbocycles. The normalized spacial score (nSPS) is 32.4. The fraction of sp³-hybridized carbons (Fsp3) is 0.714. The van der Waals surface area contributed by atoms with Crippen LogP contribution in [0.1, 0.15) is 39.5 Å². The number of hydrogen-bond acceptors (Lipinski definition) is 2. The molecule has 3 unspecified atom stereocenters. The Morgan fingerprint density at radius 2 is 2.31 bits per heavy atom. The molecule has 90 valence electrons. The molecule has 2 nitrogen and oxygen atoms in total. The van der Waals surface area contributed by atoms with Gasteiger partial charge in [-0.25, -0.2) is 0 Å². The number of allylic oxidation sites excluding steroid dienone is 3. The van der Waals surface area contributed by atoms with E-state index in [1.165, 1.54) is 5.57 Å². The zero-order valence-electron chi connectivity index (χ0n) is 10.3. The third kappa shape index (κ3) is 2.67. The molecule has 0 saturated heterocycles. The van der Waals surface area contributed by atoms with Gasteiger partial charge in [0.1, 0.15) is 11.9 Å². The van der Waals surface area contributed by atoms with Gasteiger partial charge in [-0.3, -0.25) is 0 Å². The first-order chi connectivity index (χ1) is 7.66. The van der Waals surface area contributed by atoms with Crippen LogP contribution in [0.15, 0.2) is 23.5 Å². The Morgan fingerprint density at radius 1 is 1.50 bits per heavy atom. The van der Waals surface area contributed by atoms with Gasteiger partial charge >= 0.3 is 0 Å². The lowest BCUT2D eigenvalue weighted by Gasteiger charge is -2.31. The third-order valence-corrected chi connectivity index (χ3v) is 3.53.